The van der Waals surface area contributed by atoms with Crippen LogP contribution in [-0.2, 0) is 20.6 Å². The van der Waals surface area contributed by atoms with E-state index in [2.05, 4.69) is 15.5 Å². The first-order valence-electron chi connectivity index (χ1n) is 10.7. The van der Waals surface area contributed by atoms with Crippen LogP contribution in [0.2, 0.25) is 0 Å². The van der Waals surface area contributed by atoms with E-state index in [9.17, 15) is 24.8 Å². The summed E-state index contributed by atoms with van der Waals surface area (Å²) in [4.78, 5) is 39.7. The third-order valence-electron chi connectivity index (χ3n) is 5.35. The van der Waals surface area contributed by atoms with Crippen molar-refractivity contribution in [3.63, 3.8) is 0 Å². The van der Waals surface area contributed by atoms with Crippen LogP contribution in [0.25, 0.3) is 11.2 Å². The number of aliphatic hydroxyl groups excluding tert-OH is 1. The number of fused-ring (bicyclic) bond motifs is 1. The molecule has 2 N–H and O–H groups in total. The number of anilines is 1. The molecule has 4 aromatic rings. The monoisotopic (exact) mass is 497 g/mol. The molecule has 0 aliphatic rings. The first-order valence-corrected chi connectivity index (χ1v) is 10.7. The Labute approximate surface area is 202 Å². The lowest BCUT2D eigenvalue weighted by Gasteiger charge is -2.15. The van der Waals surface area contributed by atoms with Crippen LogP contribution in [-0.4, -0.2) is 47.6 Å². The highest BCUT2D eigenvalue weighted by Crippen LogP contribution is 2.18. The smallest absolute Gasteiger partial charge is 0.433 e. The topological polar surface area (TPSA) is 172 Å². The summed E-state index contributed by atoms with van der Waals surface area (Å²) in [6.45, 7) is 1.76. The highest BCUT2D eigenvalue weighted by molar-refractivity contribution is 5.78. The first kappa shape index (κ1) is 24.4. The quantitative estimate of drug-likeness (QED) is 0.195. The Hall–Kier alpha value is -4.72. The molecule has 36 heavy (non-hydrogen) atoms. The molecule has 1 aromatic carbocycles. The summed E-state index contributed by atoms with van der Waals surface area (Å²) >= 11 is 0. The number of nitro groups is 1. The van der Waals surface area contributed by atoms with Crippen LogP contribution in [0.1, 0.15) is 11.3 Å². The summed E-state index contributed by atoms with van der Waals surface area (Å²) in [5.41, 5.74) is 2.69. The van der Waals surface area contributed by atoms with Gasteiger partial charge in [-0.05, 0) is 25.1 Å². The van der Waals surface area contributed by atoms with Crippen molar-refractivity contribution < 1.29 is 19.2 Å². The van der Waals surface area contributed by atoms with Crippen LogP contribution >= 0.6 is 0 Å². The van der Waals surface area contributed by atoms with Gasteiger partial charge in [-0.25, -0.2) is 10.2 Å². The van der Waals surface area contributed by atoms with Crippen molar-refractivity contribution in [2.75, 3.05) is 12.0 Å². The lowest BCUT2D eigenvalue weighted by molar-refractivity contribution is -0.402. The molecule has 0 aliphatic heterocycles. The Kier molecular flexibility index (Phi) is 6.69. The van der Waals surface area contributed by atoms with Crippen LogP contribution in [0.4, 0.5) is 11.8 Å². The molecule has 0 fully saturated rings. The third kappa shape index (κ3) is 4.88. The zero-order valence-corrected chi connectivity index (χ0v) is 19.6. The third-order valence-corrected chi connectivity index (χ3v) is 5.35. The Morgan fingerprint density at radius 1 is 1.22 bits per heavy atom. The number of benzene rings is 1. The van der Waals surface area contributed by atoms with Crippen molar-refractivity contribution >= 4 is 29.2 Å². The van der Waals surface area contributed by atoms with Gasteiger partial charge in [-0.15, -0.1) is 0 Å². The number of aromatic nitrogens is 4. The standard InChI is InChI=1S/C22H23N7O7/c1-13-4-6-15(7-5-13)35-12-14(30)11-28-18-19(26(2)22(32)27(3)20(18)31)24-21(28)25-23-10-16-8-9-17(36-16)29(33)34/h4-10,14,30H,11-12H2,1-3H3,(H,24,25)/b23-10+. The maximum absolute atomic E-state index is 12.9. The molecule has 0 radical (unpaired) electrons. The lowest BCUT2D eigenvalue weighted by atomic mass is 10.2. The van der Waals surface area contributed by atoms with Crippen LogP contribution in [0.5, 0.6) is 5.75 Å². The summed E-state index contributed by atoms with van der Waals surface area (Å²) in [7, 11) is 2.81. The Morgan fingerprint density at radius 3 is 2.61 bits per heavy atom. The number of nitrogens with zero attached hydrogens (tertiary/aromatic N) is 6. The van der Waals surface area contributed by atoms with Gasteiger partial charge in [0.05, 0.1) is 18.8 Å². The lowest BCUT2D eigenvalue weighted by Crippen LogP contribution is -2.38. The Morgan fingerprint density at radius 2 is 1.94 bits per heavy atom. The Balaban J connectivity index is 1.64. The number of hydrogen-bond acceptors (Lipinski definition) is 10. The summed E-state index contributed by atoms with van der Waals surface area (Å²) in [5.74, 6) is 0.282. The van der Waals surface area contributed by atoms with Gasteiger partial charge in [-0.1, -0.05) is 17.7 Å². The van der Waals surface area contributed by atoms with E-state index < -0.39 is 28.2 Å². The molecule has 14 nitrogen and oxygen atoms in total. The molecule has 3 heterocycles. The second-order valence-electron chi connectivity index (χ2n) is 8.00. The fourth-order valence-corrected chi connectivity index (χ4v) is 3.46. The van der Waals surface area contributed by atoms with Crippen molar-refractivity contribution in [1.82, 2.24) is 18.7 Å². The number of nitrogens with one attached hydrogen (secondary N) is 1. The summed E-state index contributed by atoms with van der Waals surface area (Å²) < 4.78 is 14.2. The van der Waals surface area contributed by atoms with Crippen LogP contribution in [0.15, 0.2) is 55.5 Å². The average Bonchev–Trinajstić information content (AvgIpc) is 3.47. The molecule has 1 unspecified atom stereocenters. The molecule has 1 atom stereocenters. The Bertz CT molecular complexity index is 1560. The number of hydrogen-bond donors (Lipinski definition) is 2. The van der Waals surface area contributed by atoms with E-state index in [4.69, 9.17) is 9.15 Å². The number of furan rings is 1. The van der Waals surface area contributed by atoms with E-state index >= 15 is 0 Å². The number of aryl methyl sites for hydroxylation is 2. The number of hydrazone groups is 1. The molecule has 0 spiro atoms. The van der Waals surface area contributed by atoms with Crippen molar-refractivity contribution in [2.45, 2.75) is 19.6 Å². The molecule has 0 bridgehead atoms. The van der Waals surface area contributed by atoms with Gasteiger partial charge < -0.3 is 18.8 Å². The predicted molar refractivity (Wildman–Crippen MR) is 129 cm³/mol. The van der Waals surface area contributed by atoms with Gasteiger partial charge in [0.15, 0.2) is 16.9 Å². The molecule has 14 heteroatoms. The van der Waals surface area contributed by atoms with E-state index in [1.165, 1.54) is 41.6 Å². The van der Waals surface area contributed by atoms with Crippen molar-refractivity contribution in [2.24, 2.45) is 19.2 Å². The molecular weight excluding hydrogens is 474 g/mol. The van der Waals surface area contributed by atoms with Gasteiger partial charge in [-0.2, -0.15) is 10.1 Å². The van der Waals surface area contributed by atoms with Gasteiger partial charge in [0.25, 0.3) is 5.56 Å². The number of ether oxygens (including phenoxy) is 1. The van der Waals surface area contributed by atoms with Crippen molar-refractivity contribution in [3.05, 3.63) is 78.7 Å². The van der Waals surface area contributed by atoms with Gasteiger partial charge in [0, 0.05) is 14.1 Å². The van der Waals surface area contributed by atoms with Crippen LogP contribution in [0, 0.1) is 17.0 Å². The minimum Gasteiger partial charge on any atom is -0.491 e. The molecule has 188 valence electrons. The minimum absolute atomic E-state index is 0.0509. The molecule has 3 aromatic heterocycles. The summed E-state index contributed by atoms with van der Waals surface area (Å²) in [6.07, 6.45) is 0.132. The molecule has 0 saturated heterocycles. The van der Waals surface area contributed by atoms with Gasteiger partial charge >= 0.3 is 11.6 Å². The number of aliphatic hydroxyl groups is 1. The fourth-order valence-electron chi connectivity index (χ4n) is 3.46. The van der Waals surface area contributed by atoms with E-state index in [0.717, 1.165) is 10.1 Å². The number of imidazole rings is 1. The fraction of sp³-hybridized carbons (Fsp3) is 0.273. The summed E-state index contributed by atoms with van der Waals surface area (Å²) in [6, 6.07) is 9.85. The first-order chi connectivity index (χ1) is 17.2. The molecule has 0 aliphatic carbocycles. The highest BCUT2D eigenvalue weighted by Gasteiger charge is 2.21. The molecule has 0 amide bonds. The SMILES string of the molecule is Cc1ccc(OCC(O)Cn2c(N/N=C/c3ccc([N+](=O)[O-])o3)nc3c2c(=O)n(C)c(=O)n3C)cc1. The van der Waals surface area contributed by atoms with Crippen molar-refractivity contribution in [3.8, 4) is 5.75 Å². The second-order valence-corrected chi connectivity index (χ2v) is 8.00. The predicted octanol–water partition coefficient (Wildman–Crippen LogP) is 1.13. The zero-order chi connectivity index (χ0) is 26.0. The van der Waals surface area contributed by atoms with Gasteiger partial charge in [0.1, 0.15) is 23.4 Å². The van der Waals surface area contributed by atoms with Gasteiger partial charge in [0.2, 0.25) is 5.95 Å². The van der Waals surface area contributed by atoms with E-state index in [0.29, 0.717) is 5.75 Å². The largest absolute Gasteiger partial charge is 0.491 e. The van der Waals surface area contributed by atoms with E-state index in [-0.39, 0.29) is 36.0 Å². The van der Waals surface area contributed by atoms with Crippen LogP contribution in [0.3, 0.4) is 0 Å². The summed E-state index contributed by atoms with van der Waals surface area (Å²) in [5, 5.41) is 25.4. The maximum Gasteiger partial charge on any atom is 0.433 e. The van der Waals surface area contributed by atoms with E-state index in [1.807, 2.05) is 19.1 Å². The number of rotatable bonds is 9. The van der Waals surface area contributed by atoms with Gasteiger partial charge in [-0.3, -0.25) is 24.0 Å². The molecule has 0 saturated carbocycles. The van der Waals surface area contributed by atoms with Crippen LogP contribution < -0.4 is 21.4 Å². The maximum atomic E-state index is 12.9. The van der Waals surface area contributed by atoms with E-state index in [1.54, 1.807) is 12.1 Å². The highest BCUT2D eigenvalue weighted by atomic mass is 16.6. The van der Waals surface area contributed by atoms with Crippen molar-refractivity contribution in [1.29, 1.82) is 0 Å². The molecule has 4 rings (SSSR count). The zero-order valence-electron chi connectivity index (χ0n) is 19.6. The second kappa shape index (κ2) is 9.87. The molecular formula is C22H23N7O7. The average molecular weight is 497 g/mol. The minimum atomic E-state index is -1.05. The normalized spacial score (nSPS) is 12.3.